The number of benzene rings is 1. The Bertz CT molecular complexity index is 533. The predicted molar refractivity (Wildman–Crippen MR) is 87.7 cm³/mol. The van der Waals surface area contributed by atoms with Gasteiger partial charge in [0.15, 0.2) is 0 Å². The molecule has 0 aliphatic carbocycles. The first-order chi connectivity index (χ1) is 8.47. The van der Waals surface area contributed by atoms with Crippen LogP contribution in [0.25, 0.3) is 0 Å². The van der Waals surface area contributed by atoms with E-state index in [1.807, 2.05) is 11.3 Å². The van der Waals surface area contributed by atoms with Crippen LogP contribution < -0.4 is 5.32 Å². The van der Waals surface area contributed by atoms with Crippen molar-refractivity contribution in [2.45, 2.75) is 27.3 Å². The Morgan fingerprint density at radius 3 is 2.33 bits per heavy atom. The molecule has 2 rings (SSSR count). The Morgan fingerprint density at radius 1 is 1.06 bits per heavy atom. The second-order valence-corrected chi connectivity index (χ2v) is 7.46. The van der Waals surface area contributed by atoms with Crippen molar-refractivity contribution in [1.82, 2.24) is 0 Å². The van der Waals surface area contributed by atoms with Crippen molar-refractivity contribution in [3.63, 3.8) is 0 Å². The van der Waals surface area contributed by atoms with E-state index < -0.39 is 0 Å². The van der Waals surface area contributed by atoms with Crippen LogP contribution in [0.4, 0.5) is 5.69 Å². The molecule has 0 amide bonds. The van der Waals surface area contributed by atoms with Gasteiger partial charge in [-0.25, -0.2) is 0 Å². The molecule has 1 aromatic heterocycles. The van der Waals surface area contributed by atoms with Gasteiger partial charge < -0.3 is 5.32 Å². The van der Waals surface area contributed by atoms with Gasteiger partial charge in [-0.05, 0) is 75.9 Å². The molecular formula is C14H15Br2NS. The van der Waals surface area contributed by atoms with Crippen LogP contribution in [-0.2, 0) is 6.54 Å². The number of nitrogens with one attached hydrogen (secondary N) is 1. The molecule has 4 heteroatoms. The van der Waals surface area contributed by atoms with Gasteiger partial charge >= 0.3 is 0 Å². The van der Waals surface area contributed by atoms with Crippen molar-refractivity contribution in [3.05, 3.63) is 48.0 Å². The highest BCUT2D eigenvalue weighted by Gasteiger charge is 2.07. The lowest BCUT2D eigenvalue weighted by Crippen LogP contribution is -2.00. The Balaban J connectivity index is 2.15. The summed E-state index contributed by atoms with van der Waals surface area (Å²) in [6.45, 7) is 7.24. The van der Waals surface area contributed by atoms with E-state index in [1.54, 1.807) is 0 Å². The van der Waals surface area contributed by atoms with E-state index in [4.69, 9.17) is 0 Å². The zero-order chi connectivity index (χ0) is 13.3. The van der Waals surface area contributed by atoms with Crippen LogP contribution in [-0.4, -0.2) is 0 Å². The highest BCUT2D eigenvalue weighted by atomic mass is 79.9. The molecule has 0 unspecified atom stereocenters. The molecule has 18 heavy (non-hydrogen) atoms. The molecule has 0 spiro atoms. The summed E-state index contributed by atoms with van der Waals surface area (Å²) in [6, 6.07) is 6.53. The quantitative estimate of drug-likeness (QED) is 0.699. The first kappa shape index (κ1) is 14.1. The van der Waals surface area contributed by atoms with Crippen molar-refractivity contribution in [2.75, 3.05) is 5.32 Å². The molecule has 0 radical (unpaired) electrons. The minimum atomic E-state index is 0.861. The van der Waals surface area contributed by atoms with Crippen molar-refractivity contribution in [1.29, 1.82) is 0 Å². The third-order valence-corrected chi connectivity index (χ3v) is 5.54. The average Bonchev–Trinajstić information content (AvgIpc) is 2.56. The Kier molecular flexibility index (Phi) is 4.51. The standard InChI is InChI=1S/C14H15Br2NS/c1-8-4-9(2)14(13(16)5-8)17-7-11-6-12(15)10(3)18-11/h4-6,17H,7H2,1-3H3. The van der Waals surface area contributed by atoms with Crippen LogP contribution in [0.1, 0.15) is 20.9 Å². The van der Waals surface area contributed by atoms with Crippen LogP contribution in [0.15, 0.2) is 27.1 Å². The molecule has 0 aliphatic heterocycles. The van der Waals surface area contributed by atoms with Crippen LogP contribution in [0.2, 0.25) is 0 Å². The molecule has 1 aromatic carbocycles. The zero-order valence-electron chi connectivity index (χ0n) is 10.6. The lowest BCUT2D eigenvalue weighted by molar-refractivity contribution is 1.17. The summed E-state index contributed by atoms with van der Waals surface area (Å²) in [5, 5.41) is 3.51. The number of thiophene rings is 1. The van der Waals surface area contributed by atoms with Gasteiger partial charge in [-0.15, -0.1) is 11.3 Å². The van der Waals surface area contributed by atoms with Gasteiger partial charge in [0, 0.05) is 25.2 Å². The third-order valence-electron chi connectivity index (χ3n) is 2.78. The fourth-order valence-corrected chi connectivity index (χ4v) is 4.28. The summed E-state index contributed by atoms with van der Waals surface area (Å²) in [4.78, 5) is 2.66. The maximum Gasteiger partial charge on any atom is 0.0517 e. The highest BCUT2D eigenvalue weighted by molar-refractivity contribution is 9.11. The van der Waals surface area contributed by atoms with Gasteiger partial charge in [-0.3, -0.25) is 0 Å². The van der Waals surface area contributed by atoms with Gasteiger partial charge in [0.25, 0.3) is 0 Å². The molecule has 0 aliphatic rings. The van der Waals surface area contributed by atoms with E-state index in [9.17, 15) is 0 Å². The molecule has 1 heterocycles. The number of rotatable bonds is 3. The van der Waals surface area contributed by atoms with E-state index >= 15 is 0 Å². The summed E-state index contributed by atoms with van der Waals surface area (Å²) in [7, 11) is 0. The molecule has 0 atom stereocenters. The van der Waals surface area contributed by atoms with Crippen molar-refractivity contribution >= 4 is 48.9 Å². The van der Waals surface area contributed by atoms with E-state index in [1.165, 1.54) is 31.0 Å². The fraction of sp³-hybridized carbons (Fsp3) is 0.286. The van der Waals surface area contributed by atoms with Crippen LogP contribution in [0.5, 0.6) is 0 Å². The van der Waals surface area contributed by atoms with Crippen molar-refractivity contribution in [2.24, 2.45) is 0 Å². The predicted octanol–water partition coefficient (Wildman–Crippen LogP) is 5.81. The summed E-state index contributed by atoms with van der Waals surface area (Å²) in [6.07, 6.45) is 0. The number of hydrogen-bond donors (Lipinski definition) is 1. The van der Waals surface area contributed by atoms with E-state index in [-0.39, 0.29) is 0 Å². The molecule has 1 N–H and O–H groups in total. The van der Waals surface area contributed by atoms with Gasteiger partial charge in [0.2, 0.25) is 0 Å². The normalized spacial score (nSPS) is 10.7. The number of anilines is 1. The van der Waals surface area contributed by atoms with Gasteiger partial charge in [-0.1, -0.05) is 6.07 Å². The molecule has 0 saturated carbocycles. The Morgan fingerprint density at radius 2 is 1.78 bits per heavy atom. The molecule has 0 fully saturated rings. The maximum absolute atomic E-state index is 3.62. The van der Waals surface area contributed by atoms with E-state index in [0.29, 0.717) is 0 Å². The first-order valence-electron chi connectivity index (χ1n) is 5.73. The summed E-state index contributed by atoms with van der Waals surface area (Å²) < 4.78 is 2.33. The first-order valence-corrected chi connectivity index (χ1v) is 8.13. The average molecular weight is 389 g/mol. The molecule has 0 saturated heterocycles. The highest BCUT2D eigenvalue weighted by Crippen LogP contribution is 2.30. The lowest BCUT2D eigenvalue weighted by Gasteiger charge is -2.12. The van der Waals surface area contributed by atoms with E-state index in [0.717, 1.165) is 11.0 Å². The molecule has 2 aromatic rings. The maximum atomic E-state index is 3.62. The topological polar surface area (TPSA) is 12.0 Å². The van der Waals surface area contributed by atoms with Crippen molar-refractivity contribution < 1.29 is 0 Å². The SMILES string of the molecule is Cc1cc(C)c(NCc2cc(Br)c(C)s2)c(Br)c1. The Labute approximate surface area is 129 Å². The number of hydrogen-bond acceptors (Lipinski definition) is 2. The van der Waals surface area contributed by atoms with Crippen molar-refractivity contribution in [3.8, 4) is 0 Å². The second kappa shape index (κ2) is 5.76. The molecule has 96 valence electrons. The zero-order valence-corrected chi connectivity index (χ0v) is 14.6. The lowest BCUT2D eigenvalue weighted by atomic mass is 10.1. The van der Waals surface area contributed by atoms with Crippen LogP contribution in [0.3, 0.4) is 0 Å². The van der Waals surface area contributed by atoms with Crippen LogP contribution in [0, 0.1) is 20.8 Å². The minimum Gasteiger partial charge on any atom is -0.379 e. The second-order valence-electron chi connectivity index (χ2n) is 4.41. The summed E-state index contributed by atoms with van der Waals surface area (Å²) >= 11 is 9.00. The largest absolute Gasteiger partial charge is 0.379 e. The smallest absolute Gasteiger partial charge is 0.0517 e. The summed E-state index contributed by atoms with van der Waals surface area (Å²) in [5.41, 5.74) is 3.73. The fourth-order valence-electron chi connectivity index (χ4n) is 1.92. The van der Waals surface area contributed by atoms with Gasteiger partial charge in [0.05, 0.1) is 5.69 Å². The molecule has 0 bridgehead atoms. The molecular weight excluding hydrogens is 374 g/mol. The number of halogens is 2. The number of aryl methyl sites for hydroxylation is 3. The summed E-state index contributed by atoms with van der Waals surface area (Å²) in [5.74, 6) is 0. The monoisotopic (exact) mass is 387 g/mol. The Hall–Kier alpha value is -0.320. The minimum absolute atomic E-state index is 0.861. The molecule has 1 nitrogen and oxygen atoms in total. The third kappa shape index (κ3) is 3.16. The van der Waals surface area contributed by atoms with Gasteiger partial charge in [0.1, 0.15) is 0 Å². The van der Waals surface area contributed by atoms with Crippen LogP contribution >= 0.6 is 43.2 Å². The van der Waals surface area contributed by atoms with Gasteiger partial charge in [-0.2, -0.15) is 0 Å². The van der Waals surface area contributed by atoms with E-state index in [2.05, 4.69) is 76.1 Å².